The molecule has 4 amide bonds. The number of likely N-dealkylation sites (tertiary alicyclic amines) is 1. The number of imide groups is 1. The fourth-order valence-electron chi connectivity index (χ4n) is 5.40. The number of rotatable bonds is 2. The van der Waals surface area contributed by atoms with Gasteiger partial charge in [-0.25, -0.2) is 9.59 Å². The number of nitrogens with one attached hydrogen (secondary N) is 1. The molecule has 0 bridgehead atoms. The summed E-state index contributed by atoms with van der Waals surface area (Å²) in [5.74, 6) is 5.95. The number of hydrogen-bond donors (Lipinski definition) is 2. The van der Waals surface area contributed by atoms with Crippen LogP contribution in [-0.2, 0) is 9.53 Å². The zero-order valence-electron chi connectivity index (χ0n) is 21.5. The third-order valence-corrected chi connectivity index (χ3v) is 7.59. The van der Waals surface area contributed by atoms with Crippen molar-refractivity contribution >= 4 is 23.7 Å². The third kappa shape index (κ3) is 6.38. The number of aliphatic hydroxyl groups is 1. The van der Waals surface area contributed by atoms with Gasteiger partial charge in [-0.3, -0.25) is 15.0 Å². The summed E-state index contributed by atoms with van der Waals surface area (Å²) in [4.78, 5) is 39.2. The second-order valence-electron chi connectivity index (χ2n) is 11.3. The van der Waals surface area contributed by atoms with Gasteiger partial charge in [0.05, 0.1) is 0 Å². The molecule has 0 aromatic heterocycles. The standard InChI is InChI=1S/C28H37N3O5/c1-27(2,3)36-26(35)30-17-14-28(15-18-30)12-9-21(10-13-28)23(32)8-7-20-5-4-6-22(19-20)31-16-11-24(33)29-25(31)34/h4-6,19,21,23,32H,9-18H2,1-3H3,(H,29,33,34)/t23-/m0/s1. The minimum Gasteiger partial charge on any atom is -0.444 e. The number of carbonyl (C=O) groups is 3. The molecule has 0 radical (unpaired) electrons. The van der Waals surface area contributed by atoms with Crippen LogP contribution >= 0.6 is 0 Å². The fourth-order valence-corrected chi connectivity index (χ4v) is 5.40. The minimum absolute atomic E-state index is 0.133. The van der Waals surface area contributed by atoms with E-state index < -0.39 is 17.7 Å². The number of amides is 4. The van der Waals surface area contributed by atoms with Gasteiger partial charge in [-0.1, -0.05) is 17.9 Å². The predicted octanol–water partition coefficient (Wildman–Crippen LogP) is 4.05. The van der Waals surface area contributed by atoms with Crippen LogP contribution < -0.4 is 10.2 Å². The molecule has 1 aliphatic carbocycles. The van der Waals surface area contributed by atoms with Gasteiger partial charge in [0, 0.05) is 37.3 Å². The van der Waals surface area contributed by atoms with Gasteiger partial charge < -0.3 is 14.7 Å². The molecule has 0 unspecified atom stereocenters. The Hall–Kier alpha value is -3.05. The molecule has 3 fully saturated rings. The molecule has 1 atom stereocenters. The second kappa shape index (κ2) is 10.5. The Labute approximate surface area is 213 Å². The Bertz CT molecular complexity index is 1050. The van der Waals surface area contributed by atoms with E-state index in [9.17, 15) is 19.5 Å². The monoisotopic (exact) mass is 495 g/mol. The molecule has 2 heterocycles. The molecular formula is C28H37N3O5. The zero-order chi connectivity index (χ0) is 25.9. The summed E-state index contributed by atoms with van der Waals surface area (Å²) in [6, 6.07) is 6.87. The van der Waals surface area contributed by atoms with Gasteiger partial charge in [0.25, 0.3) is 0 Å². The maximum absolute atomic E-state index is 12.4. The number of ether oxygens (including phenoxy) is 1. The van der Waals surface area contributed by atoms with Crippen molar-refractivity contribution in [1.29, 1.82) is 0 Å². The molecular weight excluding hydrogens is 458 g/mol. The molecule has 1 spiro atoms. The van der Waals surface area contributed by atoms with Crippen LogP contribution in [-0.4, -0.2) is 59.4 Å². The van der Waals surface area contributed by atoms with Gasteiger partial charge in [-0.05, 0) is 88.8 Å². The Balaban J connectivity index is 1.29. The molecule has 1 saturated carbocycles. The first-order valence-electron chi connectivity index (χ1n) is 12.9. The molecule has 3 aliphatic rings. The predicted molar refractivity (Wildman–Crippen MR) is 136 cm³/mol. The van der Waals surface area contributed by atoms with E-state index in [1.165, 1.54) is 4.90 Å². The average molecular weight is 496 g/mol. The van der Waals surface area contributed by atoms with Gasteiger partial charge in [-0.15, -0.1) is 0 Å². The summed E-state index contributed by atoms with van der Waals surface area (Å²) in [7, 11) is 0. The van der Waals surface area contributed by atoms with E-state index in [0.29, 0.717) is 12.2 Å². The Morgan fingerprint density at radius 1 is 1.14 bits per heavy atom. The van der Waals surface area contributed by atoms with Crippen molar-refractivity contribution in [2.75, 3.05) is 24.5 Å². The van der Waals surface area contributed by atoms with Crippen molar-refractivity contribution in [1.82, 2.24) is 10.2 Å². The molecule has 194 valence electrons. The summed E-state index contributed by atoms with van der Waals surface area (Å²) in [6.07, 6.45) is 5.20. The van der Waals surface area contributed by atoms with Crippen molar-refractivity contribution in [3.05, 3.63) is 29.8 Å². The van der Waals surface area contributed by atoms with E-state index in [0.717, 1.165) is 57.2 Å². The van der Waals surface area contributed by atoms with E-state index in [2.05, 4.69) is 17.2 Å². The molecule has 2 N–H and O–H groups in total. The van der Waals surface area contributed by atoms with Crippen LogP contribution in [0.1, 0.15) is 71.3 Å². The number of urea groups is 1. The van der Waals surface area contributed by atoms with Gasteiger partial charge >= 0.3 is 12.1 Å². The van der Waals surface area contributed by atoms with Crippen LogP contribution in [0, 0.1) is 23.2 Å². The number of piperidine rings is 1. The number of hydrogen-bond acceptors (Lipinski definition) is 5. The van der Waals surface area contributed by atoms with Gasteiger partial charge in [-0.2, -0.15) is 0 Å². The highest BCUT2D eigenvalue weighted by Crippen LogP contribution is 2.47. The fraction of sp³-hybridized carbons (Fsp3) is 0.607. The first kappa shape index (κ1) is 26.0. The average Bonchev–Trinajstić information content (AvgIpc) is 2.82. The van der Waals surface area contributed by atoms with E-state index in [1.54, 1.807) is 0 Å². The molecule has 4 rings (SSSR count). The number of nitrogens with zero attached hydrogens (tertiary/aromatic N) is 2. The van der Waals surface area contributed by atoms with Crippen LogP contribution in [0.15, 0.2) is 24.3 Å². The smallest absolute Gasteiger partial charge is 0.410 e. The maximum atomic E-state index is 12.4. The van der Waals surface area contributed by atoms with E-state index in [4.69, 9.17) is 4.74 Å². The number of carbonyl (C=O) groups excluding carboxylic acids is 3. The van der Waals surface area contributed by atoms with Crippen LogP contribution in [0.5, 0.6) is 0 Å². The third-order valence-electron chi connectivity index (χ3n) is 7.59. The number of aliphatic hydroxyl groups excluding tert-OH is 1. The quantitative estimate of drug-likeness (QED) is 0.603. The molecule has 1 aromatic carbocycles. The lowest BCUT2D eigenvalue weighted by atomic mass is 9.64. The van der Waals surface area contributed by atoms with E-state index in [-0.39, 0.29) is 29.8 Å². The maximum Gasteiger partial charge on any atom is 0.410 e. The van der Waals surface area contributed by atoms with Gasteiger partial charge in [0.2, 0.25) is 5.91 Å². The first-order chi connectivity index (χ1) is 17.0. The van der Waals surface area contributed by atoms with Crippen LogP contribution in [0.3, 0.4) is 0 Å². The minimum atomic E-state index is -0.705. The molecule has 8 nitrogen and oxygen atoms in total. The zero-order valence-corrected chi connectivity index (χ0v) is 21.5. The lowest BCUT2D eigenvalue weighted by molar-refractivity contribution is -0.120. The van der Waals surface area contributed by atoms with Crippen LogP contribution in [0.4, 0.5) is 15.3 Å². The summed E-state index contributed by atoms with van der Waals surface area (Å²) in [5.41, 5.74) is 1.16. The van der Waals surface area contributed by atoms with Gasteiger partial charge in [0.15, 0.2) is 0 Å². The lowest BCUT2D eigenvalue weighted by Gasteiger charge is -2.46. The highest BCUT2D eigenvalue weighted by molar-refractivity contribution is 6.05. The highest BCUT2D eigenvalue weighted by Gasteiger charge is 2.40. The van der Waals surface area contributed by atoms with Crippen molar-refractivity contribution in [2.24, 2.45) is 11.3 Å². The van der Waals surface area contributed by atoms with Crippen molar-refractivity contribution in [3.8, 4) is 11.8 Å². The largest absolute Gasteiger partial charge is 0.444 e. The van der Waals surface area contributed by atoms with Crippen molar-refractivity contribution < 1.29 is 24.2 Å². The Morgan fingerprint density at radius 2 is 1.83 bits per heavy atom. The SMILES string of the molecule is CC(C)(C)OC(=O)N1CCC2(CCC([C@@H](O)C#Cc3cccc(N4CCC(=O)NC4=O)c3)CC2)CC1. The number of benzene rings is 1. The first-order valence-corrected chi connectivity index (χ1v) is 12.9. The normalized spacial score (nSPS) is 21.4. The summed E-state index contributed by atoms with van der Waals surface area (Å²) < 4.78 is 5.52. The lowest BCUT2D eigenvalue weighted by Crippen LogP contribution is -2.49. The molecule has 8 heteroatoms. The summed E-state index contributed by atoms with van der Waals surface area (Å²) in [6.45, 7) is 7.45. The topological polar surface area (TPSA) is 99.2 Å². The summed E-state index contributed by atoms with van der Waals surface area (Å²) >= 11 is 0. The molecule has 1 aromatic rings. The molecule has 2 saturated heterocycles. The molecule has 36 heavy (non-hydrogen) atoms. The summed E-state index contributed by atoms with van der Waals surface area (Å²) in [5, 5.41) is 13.1. The van der Waals surface area contributed by atoms with Crippen LogP contribution in [0.2, 0.25) is 0 Å². The van der Waals surface area contributed by atoms with E-state index >= 15 is 0 Å². The van der Waals surface area contributed by atoms with Crippen LogP contribution in [0.25, 0.3) is 0 Å². The Morgan fingerprint density at radius 3 is 2.47 bits per heavy atom. The van der Waals surface area contributed by atoms with E-state index in [1.807, 2.05) is 49.9 Å². The Kier molecular flexibility index (Phi) is 7.60. The highest BCUT2D eigenvalue weighted by atomic mass is 16.6. The van der Waals surface area contributed by atoms with Crippen molar-refractivity contribution in [3.63, 3.8) is 0 Å². The molecule has 2 aliphatic heterocycles. The second-order valence-corrected chi connectivity index (χ2v) is 11.3. The number of anilines is 1. The van der Waals surface area contributed by atoms with Crippen molar-refractivity contribution in [2.45, 2.75) is 77.4 Å². The van der Waals surface area contributed by atoms with Gasteiger partial charge in [0.1, 0.15) is 11.7 Å².